The molecule has 1 heterocycles. The molecule has 1 atom stereocenters. The van der Waals surface area contributed by atoms with Gasteiger partial charge in [-0.3, -0.25) is 9.59 Å². The van der Waals surface area contributed by atoms with Crippen LogP contribution in [-0.4, -0.2) is 16.8 Å². The number of hydrogen-bond donors (Lipinski definition) is 3. The topological polar surface area (TPSA) is 97.1 Å². The van der Waals surface area contributed by atoms with Crippen LogP contribution in [0, 0.1) is 0 Å². The lowest BCUT2D eigenvalue weighted by Gasteiger charge is -2.06. The second-order valence-corrected chi connectivity index (χ2v) is 5.84. The second kappa shape index (κ2) is 7.15. The van der Waals surface area contributed by atoms with Crippen LogP contribution in [0.3, 0.4) is 0 Å². The highest BCUT2D eigenvalue weighted by molar-refractivity contribution is 7.09. The molecular formula is C15H18N4O2S. The fourth-order valence-electron chi connectivity index (χ4n) is 1.82. The molecule has 116 valence electrons. The Hall–Kier alpha value is -2.25. The van der Waals surface area contributed by atoms with Crippen molar-refractivity contribution in [1.82, 2.24) is 4.98 Å². The van der Waals surface area contributed by atoms with Crippen LogP contribution in [0.2, 0.25) is 0 Å². The lowest BCUT2D eigenvalue weighted by molar-refractivity contribution is -0.116. The maximum atomic E-state index is 12.0. The van der Waals surface area contributed by atoms with E-state index in [9.17, 15) is 9.59 Å². The van der Waals surface area contributed by atoms with Crippen LogP contribution in [0.25, 0.3) is 0 Å². The predicted molar refractivity (Wildman–Crippen MR) is 87.8 cm³/mol. The fourth-order valence-corrected chi connectivity index (χ4v) is 2.60. The third-order valence-corrected chi connectivity index (χ3v) is 3.88. The summed E-state index contributed by atoms with van der Waals surface area (Å²) < 4.78 is 0. The lowest BCUT2D eigenvalue weighted by atomic mass is 10.2. The van der Waals surface area contributed by atoms with Gasteiger partial charge in [0.2, 0.25) is 11.8 Å². The standard InChI is InChI=1S/C15H18N4O2S/c1-9(16)15-19-13(8-22-15)7-14(21)18-12-5-3-11(4-6-12)17-10(2)20/h3-6,8-9H,7,16H2,1-2H3,(H,17,20)(H,18,21). The molecule has 0 spiro atoms. The van der Waals surface area contributed by atoms with E-state index in [2.05, 4.69) is 15.6 Å². The van der Waals surface area contributed by atoms with Gasteiger partial charge in [0, 0.05) is 23.7 Å². The van der Waals surface area contributed by atoms with Crippen LogP contribution in [-0.2, 0) is 16.0 Å². The number of nitrogens with two attached hydrogens (primary N) is 1. The molecule has 1 aromatic heterocycles. The van der Waals surface area contributed by atoms with Gasteiger partial charge in [0.25, 0.3) is 0 Å². The zero-order valence-corrected chi connectivity index (χ0v) is 13.2. The van der Waals surface area contributed by atoms with E-state index in [4.69, 9.17) is 5.73 Å². The Balaban J connectivity index is 1.92. The molecule has 0 saturated carbocycles. The van der Waals surface area contributed by atoms with Gasteiger partial charge in [-0.15, -0.1) is 11.3 Å². The zero-order chi connectivity index (χ0) is 16.1. The molecule has 0 saturated heterocycles. The molecule has 2 amide bonds. The summed E-state index contributed by atoms with van der Waals surface area (Å²) in [4.78, 5) is 27.2. The number of rotatable bonds is 5. The normalized spacial score (nSPS) is 11.8. The first-order chi connectivity index (χ1) is 10.4. The lowest BCUT2D eigenvalue weighted by Crippen LogP contribution is -2.15. The van der Waals surface area contributed by atoms with Crippen molar-refractivity contribution in [1.29, 1.82) is 0 Å². The van der Waals surface area contributed by atoms with Gasteiger partial charge in [0.15, 0.2) is 0 Å². The number of anilines is 2. The highest BCUT2D eigenvalue weighted by Gasteiger charge is 2.10. The van der Waals surface area contributed by atoms with Gasteiger partial charge in [0.05, 0.1) is 18.2 Å². The first-order valence-corrected chi connectivity index (χ1v) is 7.69. The van der Waals surface area contributed by atoms with Crippen molar-refractivity contribution in [3.05, 3.63) is 40.3 Å². The van der Waals surface area contributed by atoms with Gasteiger partial charge in [-0.25, -0.2) is 4.98 Å². The third-order valence-electron chi connectivity index (χ3n) is 2.79. The molecule has 0 aliphatic carbocycles. The van der Waals surface area contributed by atoms with Crippen LogP contribution in [0.4, 0.5) is 11.4 Å². The maximum absolute atomic E-state index is 12.0. The molecule has 2 aromatic rings. The van der Waals surface area contributed by atoms with Crippen molar-refractivity contribution in [2.75, 3.05) is 10.6 Å². The second-order valence-electron chi connectivity index (χ2n) is 4.95. The van der Waals surface area contributed by atoms with Crippen LogP contribution in [0.1, 0.15) is 30.6 Å². The van der Waals surface area contributed by atoms with E-state index >= 15 is 0 Å². The minimum atomic E-state index is -0.145. The molecule has 2 rings (SSSR count). The third kappa shape index (κ3) is 4.64. The number of nitrogens with one attached hydrogen (secondary N) is 2. The van der Waals surface area contributed by atoms with Gasteiger partial charge in [-0.1, -0.05) is 0 Å². The molecule has 4 N–H and O–H groups in total. The summed E-state index contributed by atoms with van der Waals surface area (Å²) in [6, 6.07) is 6.81. The molecule has 1 aromatic carbocycles. The molecular weight excluding hydrogens is 300 g/mol. The van der Waals surface area contributed by atoms with E-state index in [0.717, 1.165) is 5.01 Å². The molecule has 0 aliphatic rings. The van der Waals surface area contributed by atoms with Crippen LogP contribution < -0.4 is 16.4 Å². The number of carbonyl (C=O) groups excluding carboxylic acids is 2. The highest BCUT2D eigenvalue weighted by Crippen LogP contribution is 2.17. The number of benzene rings is 1. The van der Waals surface area contributed by atoms with Crippen molar-refractivity contribution in [2.24, 2.45) is 5.73 Å². The fraction of sp³-hybridized carbons (Fsp3) is 0.267. The molecule has 0 radical (unpaired) electrons. The zero-order valence-electron chi connectivity index (χ0n) is 12.4. The molecule has 0 fully saturated rings. The Morgan fingerprint density at radius 3 is 2.32 bits per heavy atom. The smallest absolute Gasteiger partial charge is 0.230 e. The SMILES string of the molecule is CC(=O)Nc1ccc(NC(=O)Cc2csc(C(C)N)n2)cc1. The van der Waals surface area contributed by atoms with Gasteiger partial charge < -0.3 is 16.4 Å². The Labute approximate surface area is 132 Å². The maximum Gasteiger partial charge on any atom is 0.230 e. The van der Waals surface area contributed by atoms with E-state index in [0.29, 0.717) is 17.1 Å². The number of hydrogen-bond acceptors (Lipinski definition) is 5. The summed E-state index contributed by atoms with van der Waals surface area (Å²) in [6.45, 7) is 3.30. The minimum Gasteiger partial charge on any atom is -0.326 e. The largest absolute Gasteiger partial charge is 0.326 e. The summed E-state index contributed by atoms with van der Waals surface area (Å²) in [7, 11) is 0. The number of nitrogens with zero attached hydrogens (tertiary/aromatic N) is 1. The average Bonchev–Trinajstić information content (AvgIpc) is 2.89. The first-order valence-electron chi connectivity index (χ1n) is 6.81. The van der Waals surface area contributed by atoms with Crippen LogP contribution in [0.15, 0.2) is 29.6 Å². The van der Waals surface area contributed by atoms with E-state index in [-0.39, 0.29) is 24.3 Å². The molecule has 7 heteroatoms. The monoisotopic (exact) mass is 318 g/mol. The van der Waals surface area contributed by atoms with E-state index < -0.39 is 0 Å². The van der Waals surface area contributed by atoms with Crippen molar-refractivity contribution in [2.45, 2.75) is 26.3 Å². The summed E-state index contributed by atoms with van der Waals surface area (Å²) in [5.41, 5.74) is 7.82. The van der Waals surface area contributed by atoms with Crippen LogP contribution in [0.5, 0.6) is 0 Å². The minimum absolute atomic E-state index is 0.122. The Kier molecular flexibility index (Phi) is 5.24. The van der Waals surface area contributed by atoms with Gasteiger partial charge >= 0.3 is 0 Å². The Bertz CT molecular complexity index is 664. The van der Waals surface area contributed by atoms with Crippen molar-refractivity contribution >= 4 is 34.5 Å². The van der Waals surface area contributed by atoms with Gasteiger partial charge in [-0.05, 0) is 31.2 Å². The molecule has 1 unspecified atom stereocenters. The average molecular weight is 318 g/mol. The molecule has 0 bridgehead atoms. The van der Waals surface area contributed by atoms with Crippen molar-refractivity contribution < 1.29 is 9.59 Å². The highest BCUT2D eigenvalue weighted by atomic mass is 32.1. The van der Waals surface area contributed by atoms with Gasteiger partial charge in [0.1, 0.15) is 5.01 Å². The van der Waals surface area contributed by atoms with Gasteiger partial charge in [-0.2, -0.15) is 0 Å². The first kappa shape index (κ1) is 16.1. The number of carbonyl (C=O) groups is 2. The van der Waals surface area contributed by atoms with E-state index in [1.165, 1.54) is 18.3 Å². The molecule has 22 heavy (non-hydrogen) atoms. The summed E-state index contributed by atoms with van der Waals surface area (Å²) >= 11 is 1.46. The van der Waals surface area contributed by atoms with Crippen molar-refractivity contribution in [3.63, 3.8) is 0 Å². The quantitative estimate of drug-likeness (QED) is 0.788. The van der Waals surface area contributed by atoms with E-state index in [1.54, 1.807) is 24.3 Å². The molecule has 6 nitrogen and oxygen atoms in total. The number of amides is 2. The molecule has 0 aliphatic heterocycles. The summed E-state index contributed by atoms with van der Waals surface area (Å²) in [5, 5.41) is 8.12. The number of aromatic nitrogens is 1. The summed E-state index contributed by atoms with van der Waals surface area (Å²) in [6.07, 6.45) is 0.205. The Morgan fingerprint density at radius 1 is 1.23 bits per heavy atom. The van der Waals surface area contributed by atoms with E-state index in [1.807, 2.05) is 12.3 Å². The summed E-state index contributed by atoms with van der Waals surface area (Å²) in [5.74, 6) is -0.279. The number of thiazole rings is 1. The van der Waals surface area contributed by atoms with Crippen LogP contribution >= 0.6 is 11.3 Å². The Morgan fingerprint density at radius 2 is 1.82 bits per heavy atom. The predicted octanol–water partition coefficient (Wildman–Crippen LogP) is 2.30. The van der Waals surface area contributed by atoms with Crippen molar-refractivity contribution in [3.8, 4) is 0 Å².